The van der Waals surface area contributed by atoms with Gasteiger partial charge in [0.1, 0.15) is 17.8 Å². The third-order valence-corrected chi connectivity index (χ3v) is 4.40. The number of ether oxygens (including phenoxy) is 1. The van der Waals surface area contributed by atoms with E-state index in [1.807, 2.05) is 0 Å². The van der Waals surface area contributed by atoms with Gasteiger partial charge in [-0.25, -0.2) is 4.79 Å². The number of alkyl halides is 2. The predicted octanol–water partition coefficient (Wildman–Crippen LogP) is 1.76. The molecule has 2 unspecified atom stereocenters. The molecule has 7 nitrogen and oxygen atoms in total. The van der Waals surface area contributed by atoms with Gasteiger partial charge in [-0.05, 0) is 6.08 Å². The third-order valence-electron chi connectivity index (χ3n) is 3.90. The van der Waals surface area contributed by atoms with Crippen LogP contribution in [0, 0.1) is 11.8 Å². The number of halogens is 2. The molecule has 0 spiro atoms. The lowest BCUT2D eigenvalue weighted by Gasteiger charge is -2.31. The number of allylic oxidation sites excluding steroid dienone is 4. The van der Waals surface area contributed by atoms with Crippen molar-refractivity contribution in [3.63, 3.8) is 0 Å². The number of rotatable bonds is 5. The van der Waals surface area contributed by atoms with Crippen LogP contribution in [-0.4, -0.2) is 22.8 Å². The predicted molar refractivity (Wildman–Crippen MR) is 80.1 cm³/mol. The van der Waals surface area contributed by atoms with E-state index in [1.54, 1.807) is 12.1 Å². The first kappa shape index (κ1) is 18.4. The van der Waals surface area contributed by atoms with E-state index in [4.69, 9.17) is 0 Å². The van der Waals surface area contributed by atoms with Crippen LogP contribution < -0.4 is 5.26 Å². The molecule has 10 heteroatoms. The van der Waals surface area contributed by atoms with Gasteiger partial charge in [0.2, 0.25) is 0 Å². The van der Waals surface area contributed by atoms with Gasteiger partial charge in [-0.3, -0.25) is 14.6 Å². The zero-order valence-corrected chi connectivity index (χ0v) is 13.5. The van der Waals surface area contributed by atoms with E-state index in [0.717, 1.165) is 6.08 Å². The molecule has 136 valence electrons. The Morgan fingerprint density at radius 3 is 2.46 bits per heavy atom. The van der Waals surface area contributed by atoms with Gasteiger partial charge in [0.25, 0.3) is 0 Å². The standard InChI is InChI=1S/C16H10F2O7S/c17-16(18,26-25-24-22)15(21)23-11-7-3-6-10-12(11)14(20)9-5-2-1-4-8(9)13(10)19/h1-7,10,12,22H/p-1. The molecule has 0 radical (unpaired) electrons. The summed E-state index contributed by atoms with van der Waals surface area (Å²) >= 11 is -0.845. The van der Waals surface area contributed by atoms with E-state index in [1.165, 1.54) is 24.3 Å². The summed E-state index contributed by atoms with van der Waals surface area (Å²) in [6.45, 7) is 0. The van der Waals surface area contributed by atoms with Gasteiger partial charge in [-0.2, -0.15) is 13.1 Å². The van der Waals surface area contributed by atoms with Gasteiger partial charge < -0.3 is 9.99 Å². The van der Waals surface area contributed by atoms with Gasteiger partial charge >= 0.3 is 11.2 Å². The number of ketones is 2. The fourth-order valence-electron chi connectivity index (χ4n) is 2.81. The summed E-state index contributed by atoms with van der Waals surface area (Å²) in [5.74, 6) is -5.56. The normalized spacial score (nSPS) is 21.7. The van der Waals surface area contributed by atoms with Crippen molar-refractivity contribution in [2.75, 3.05) is 0 Å². The highest BCUT2D eigenvalue weighted by molar-refractivity contribution is 7.96. The van der Waals surface area contributed by atoms with Crippen molar-refractivity contribution < 1.29 is 42.5 Å². The number of hydrogen-bond acceptors (Lipinski definition) is 8. The second-order valence-electron chi connectivity index (χ2n) is 5.36. The van der Waals surface area contributed by atoms with E-state index in [9.17, 15) is 28.4 Å². The van der Waals surface area contributed by atoms with Crippen LogP contribution in [0.2, 0.25) is 0 Å². The SMILES string of the molecule is O=C1c2ccccc2C(=O)C2C(OC(=O)C(F)(F)SOO[O-])=CC=CC12. The first-order valence-electron chi connectivity index (χ1n) is 7.17. The first-order valence-corrected chi connectivity index (χ1v) is 7.91. The molecule has 0 saturated carbocycles. The molecule has 0 bridgehead atoms. The van der Waals surface area contributed by atoms with Crippen molar-refractivity contribution >= 4 is 29.6 Å². The zero-order valence-electron chi connectivity index (χ0n) is 12.7. The molecule has 0 fully saturated rings. The van der Waals surface area contributed by atoms with Gasteiger partial charge in [0, 0.05) is 11.1 Å². The Kier molecular flexibility index (Phi) is 5.01. The fourth-order valence-corrected chi connectivity index (χ4v) is 3.03. The van der Waals surface area contributed by atoms with Crippen LogP contribution >= 0.6 is 12.0 Å². The van der Waals surface area contributed by atoms with Crippen molar-refractivity contribution in [1.82, 2.24) is 0 Å². The van der Waals surface area contributed by atoms with Crippen LogP contribution in [0.4, 0.5) is 8.78 Å². The third kappa shape index (κ3) is 3.19. The van der Waals surface area contributed by atoms with Crippen molar-refractivity contribution in [1.29, 1.82) is 0 Å². The van der Waals surface area contributed by atoms with E-state index in [0.29, 0.717) is 0 Å². The van der Waals surface area contributed by atoms with Gasteiger partial charge in [-0.15, -0.1) is 0 Å². The fraction of sp³-hybridized carbons (Fsp3) is 0.188. The lowest BCUT2D eigenvalue weighted by molar-refractivity contribution is -0.777. The van der Waals surface area contributed by atoms with E-state index in [-0.39, 0.29) is 16.9 Å². The largest absolute Gasteiger partial charge is 0.691 e. The molecule has 26 heavy (non-hydrogen) atoms. The average Bonchev–Trinajstić information content (AvgIpc) is 2.64. The number of fused-ring (bicyclic) bond motifs is 2. The summed E-state index contributed by atoms with van der Waals surface area (Å²) in [6.07, 6.45) is 3.94. The first-order chi connectivity index (χ1) is 12.4. The molecular formula is C16H9F2O7S-. The maximum atomic E-state index is 13.5. The Morgan fingerprint density at radius 1 is 1.15 bits per heavy atom. The van der Waals surface area contributed by atoms with Crippen molar-refractivity contribution in [2.24, 2.45) is 11.8 Å². The minimum absolute atomic E-state index is 0.125. The highest BCUT2D eigenvalue weighted by Crippen LogP contribution is 2.40. The maximum Gasteiger partial charge on any atom is 0.416 e. The number of Topliss-reactive ketones (excluding diaryl/α,β-unsaturated/α-hetero) is 2. The molecule has 0 aromatic heterocycles. The summed E-state index contributed by atoms with van der Waals surface area (Å²) in [4.78, 5) is 36.9. The molecule has 0 heterocycles. The van der Waals surface area contributed by atoms with Gasteiger partial charge in [-0.1, -0.05) is 36.4 Å². The summed E-state index contributed by atoms with van der Waals surface area (Å²) in [7, 11) is 0. The Labute approximate surface area is 149 Å². The maximum absolute atomic E-state index is 13.5. The second-order valence-corrected chi connectivity index (χ2v) is 6.17. The van der Waals surface area contributed by atoms with Crippen LogP contribution in [0.5, 0.6) is 0 Å². The molecule has 2 aliphatic carbocycles. The van der Waals surface area contributed by atoms with E-state index in [2.05, 4.69) is 14.1 Å². The molecule has 0 aliphatic heterocycles. The Bertz CT molecular complexity index is 834. The highest BCUT2D eigenvalue weighted by atomic mass is 32.2. The molecule has 3 rings (SSSR count). The van der Waals surface area contributed by atoms with Crippen LogP contribution in [0.15, 0.2) is 48.3 Å². The van der Waals surface area contributed by atoms with Crippen LogP contribution in [-0.2, 0) is 18.9 Å². The molecule has 0 saturated heterocycles. The molecule has 0 amide bonds. The smallest absolute Gasteiger partial charge is 0.416 e. The van der Waals surface area contributed by atoms with Crippen LogP contribution in [0.1, 0.15) is 20.7 Å². The molecule has 0 N–H and O–H groups in total. The second kappa shape index (κ2) is 7.08. The molecule has 1 aromatic carbocycles. The topological polar surface area (TPSA) is 102 Å². The van der Waals surface area contributed by atoms with Crippen molar-refractivity contribution in [2.45, 2.75) is 5.25 Å². The molecule has 2 atom stereocenters. The highest BCUT2D eigenvalue weighted by Gasteiger charge is 2.48. The summed E-state index contributed by atoms with van der Waals surface area (Å²) in [5, 5.41) is 8.15. The van der Waals surface area contributed by atoms with Crippen LogP contribution in [0.3, 0.4) is 0 Å². The summed E-state index contributed by atoms with van der Waals surface area (Å²) in [6, 6.07) is 6.09. The number of carbonyl (C=O) groups is 3. The molecule has 1 aromatic rings. The quantitative estimate of drug-likeness (QED) is 0.328. The number of carbonyl (C=O) groups excluding carboxylic acids is 3. The van der Waals surface area contributed by atoms with Gasteiger partial charge in [0.15, 0.2) is 11.6 Å². The number of esters is 1. The molecular weight excluding hydrogens is 374 g/mol. The summed E-state index contributed by atoms with van der Waals surface area (Å²) in [5.41, 5.74) is 0.345. The Hall–Kier alpha value is -2.40. The number of hydrogen-bond donors (Lipinski definition) is 0. The van der Waals surface area contributed by atoms with Gasteiger partial charge in [0.05, 0.1) is 11.8 Å². The lowest BCUT2D eigenvalue weighted by atomic mass is 9.71. The number of benzene rings is 1. The Balaban J connectivity index is 1.88. The van der Waals surface area contributed by atoms with Crippen molar-refractivity contribution in [3.8, 4) is 0 Å². The minimum Gasteiger partial charge on any atom is -0.691 e. The zero-order chi connectivity index (χ0) is 18.9. The van der Waals surface area contributed by atoms with Crippen LogP contribution in [0.25, 0.3) is 0 Å². The Morgan fingerprint density at radius 2 is 1.81 bits per heavy atom. The van der Waals surface area contributed by atoms with E-state index < -0.39 is 46.6 Å². The minimum atomic E-state index is -4.26. The average molecular weight is 383 g/mol. The summed E-state index contributed by atoms with van der Waals surface area (Å²) < 4.78 is 35.2. The van der Waals surface area contributed by atoms with E-state index >= 15 is 0 Å². The molecule has 2 aliphatic rings. The lowest BCUT2D eigenvalue weighted by Crippen LogP contribution is -2.40. The van der Waals surface area contributed by atoms with Crippen molar-refractivity contribution in [3.05, 3.63) is 59.4 Å². The monoisotopic (exact) mass is 383 g/mol.